The van der Waals surface area contributed by atoms with E-state index in [2.05, 4.69) is 24.2 Å². The second-order valence-electron chi connectivity index (χ2n) is 6.74. The molecule has 3 N–H and O–H groups in total. The van der Waals surface area contributed by atoms with Gasteiger partial charge in [-0.2, -0.15) is 0 Å². The Bertz CT molecular complexity index is 909. The van der Waals surface area contributed by atoms with Crippen LogP contribution in [0.5, 0.6) is 0 Å². The lowest BCUT2D eigenvalue weighted by Gasteiger charge is -2.11. The fourth-order valence-electron chi connectivity index (χ4n) is 2.65. The summed E-state index contributed by atoms with van der Waals surface area (Å²) in [7, 11) is -3.23. The molecule has 2 rings (SSSR count). The Morgan fingerprint density at radius 2 is 1.85 bits per heavy atom. The topological polar surface area (TPSA) is 84.5 Å². The van der Waals surface area contributed by atoms with Crippen LogP contribution in [0.1, 0.15) is 42.9 Å². The summed E-state index contributed by atoms with van der Waals surface area (Å²) in [5.41, 5.74) is 9.00. The van der Waals surface area contributed by atoms with Gasteiger partial charge in [0.15, 0.2) is 15.8 Å². The molecule has 0 aromatic heterocycles. The molecule has 2 aromatic rings. The number of hydrogen-bond acceptors (Lipinski definition) is 3. The van der Waals surface area contributed by atoms with Crippen LogP contribution in [0.4, 0.5) is 10.1 Å². The summed E-state index contributed by atoms with van der Waals surface area (Å²) in [6.07, 6.45) is 2.21. The number of hydrogen-bond donors (Lipinski definition) is 2. The summed E-state index contributed by atoms with van der Waals surface area (Å²) >= 11 is 0. The van der Waals surface area contributed by atoms with E-state index in [0.29, 0.717) is 17.0 Å². The van der Waals surface area contributed by atoms with E-state index in [0.717, 1.165) is 18.4 Å². The minimum atomic E-state index is -3.23. The SMILES string of the molecule is CCC(C)c1ccc(NC(N)=NCc2cc(F)ccc2CS(C)(=O)=O)cc1. The van der Waals surface area contributed by atoms with E-state index in [1.54, 1.807) is 0 Å². The van der Waals surface area contributed by atoms with Crippen molar-refractivity contribution in [1.29, 1.82) is 0 Å². The van der Waals surface area contributed by atoms with E-state index in [4.69, 9.17) is 5.73 Å². The van der Waals surface area contributed by atoms with Crippen LogP contribution in [0.15, 0.2) is 47.5 Å². The maximum absolute atomic E-state index is 13.5. The van der Waals surface area contributed by atoms with Gasteiger partial charge in [0, 0.05) is 11.9 Å². The second kappa shape index (κ2) is 8.99. The molecule has 7 heteroatoms. The molecule has 0 saturated carbocycles. The van der Waals surface area contributed by atoms with Gasteiger partial charge in [0.2, 0.25) is 0 Å². The summed E-state index contributed by atoms with van der Waals surface area (Å²) in [6, 6.07) is 12.0. The third-order valence-corrected chi connectivity index (χ3v) is 5.21. The molecule has 0 aliphatic carbocycles. The monoisotopic (exact) mass is 391 g/mol. The highest BCUT2D eigenvalue weighted by atomic mass is 32.2. The molecule has 146 valence electrons. The van der Waals surface area contributed by atoms with Gasteiger partial charge in [-0.3, -0.25) is 0 Å². The van der Waals surface area contributed by atoms with Crippen molar-refractivity contribution in [3.8, 4) is 0 Å². The van der Waals surface area contributed by atoms with Crippen LogP contribution >= 0.6 is 0 Å². The predicted octanol–water partition coefficient (Wildman–Crippen LogP) is 3.81. The minimum absolute atomic E-state index is 0.0897. The number of guanidine groups is 1. The first-order chi connectivity index (χ1) is 12.7. The number of benzene rings is 2. The van der Waals surface area contributed by atoms with Crippen LogP contribution in [0.25, 0.3) is 0 Å². The van der Waals surface area contributed by atoms with E-state index >= 15 is 0 Å². The number of anilines is 1. The van der Waals surface area contributed by atoms with Gasteiger partial charge in [-0.05, 0) is 53.3 Å². The van der Waals surface area contributed by atoms with Gasteiger partial charge in [-0.25, -0.2) is 17.8 Å². The van der Waals surface area contributed by atoms with Gasteiger partial charge in [-0.1, -0.05) is 32.0 Å². The van der Waals surface area contributed by atoms with Crippen LogP contribution in [0, 0.1) is 5.82 Å². The Morgan fingerprint density at radius 1 is 1.19 bits per heavy atom. The highest BCUT2D eigenvalue weighted by molar-refractivity contribution is 7.89. The number of sulfone groups is 1. The molecule has 0 aliphatic rings. The first-order valence-electron chi connectivity index (χ1n) is 8.80. The smallest absolute Gasteiger partial charge is 0.193 e. The quantitative estimate of drug-likeness (QED) is 0.555. The molecule has 0 fully saturated rings. The fraction of sp³-hybridized carbons (Fsp3) is 0.350. The van der Waals surface area contributed by atoms with Crippen molar-refractivity contribution in [1.82, 2.24) is 0 Å². The molecule has 0 spiro atoms. The maximum atomic E-state index is 13.5. The number of rotatable bonds is 7. The van der Waals surface area contributed by atoms with Crippen molar-refractivity contribution in [3.05, 3.63) is 65.0 Å². The van der Waals surface area contributed by atoms with Gasteiger partial charge in [0.05, 0.1) is 12.3 Å². The molecule has 0 amide bonds. The Balaban J connectivity index is 2.10. The van der Waals surface area contributed by atoms with E-state index in [9.17, 15) is 12.8 Å². The number of nitrogens with one attached hydrogen (secondary N) is 1. The molecular weight excluding hydrogens is 365 g/mol. The lowest BCUT2D eigenvalue weighted by Crippen LogP contribution is -2.22. The molecule has 0 saturated heterocycles. The van der Waals surface area contributed by atoms with Crippen molar-refractivity contribution in [2.75, 3.05) is 11.6 Å². The van der Waals surface area contributed by atoms with Crippen LogP contribution in [-0.4, -0.2) is 20.6 Å². The van der Waals surface area contributed by atoms with E-state index < -0.39 is 15.7 Å². The molecular formula is C20H26FN3O2S. The summed E-state index contributed by atoms with van der Waals surface area (Å²) in [5.74, 6) is 0.0690. The molecule has 2 aromatic carbocycles. The summed E-state index contributed by atoms with van der Waals surface area (Å²) in [6.45, 7) is 4.41. The van der Waals surface area contributed by atoms with Crippen molar-refractivity contribution >= 4 is 21.5 Å². The highest BCUT2D eigenvalue weighted by Gasteiger charge is 2.10. The average Bonchev–Trinajstić information content (AvgIpc) is 2.61. The molecule has 27 heavy (non-hydrogen) atoms. The van der Waals surface area contributed by atoms with E-state index in [1.807, 2.05) is 24.3 Å². The third-order valence-electron chi connectivity index (χ3n) is 4.37. The molecule has 1 unspecified atom stereocenters. The molecule has 0 aliphatic heterocycles. The van der Waals surface area contributed by atoms with Crippen molar-refractivity contribution in [2.45, 2.75) is 38.5 Å². The van der Waals surface area contributed by atoms with Gasteiger partial charge in [0.1, 0.15) is 5.82 Å². The van der Waals surface area contributed by atoms with Crippen molar-refractivity contribution < 1.29 is 12.8 Å². The summed E-state index contributed by atoms with van der Waals surface area (Å²) in [5, 5.41) is 2.99. The van der Waals surface area contributed by atoms with Crippen molar-refractivity contribution in [2.24, 2.45) is 10.7 Å². The Kier molecular flexibility index (Phi) is 6.96. The van der Waals surface area contributed by atoms with Crippen LogP contribution < -0.4 is 11.1 Å². The maximum Gasteiger partial charge on any atom is 0.193 e. The lowest BCUT2D eigenvalue weighted by molar-refractivity contribution is 0.600. The standard InChI is InChI=1S/C20H26FN3O2S/c1-4-14(2)15-6-9-19(10-7-15)24-20(22)23-12-17-11-18(21)8-5-16(17)13-27(3,25)26/h5-11,14H,4,12-13H2,1-3H3,(H3,22,23,24). The van der Waals surface area contributed by atoms with Gasteiger partial charge >= 0.3 is 0 Å². The zero-order chi connectivity index (χ0) is 20.0. The Morgan fingerprint density at radius 3 is 2.44 bits per heavy atom. The van der Waals surface area contributed by atoms with Gasteiger partial charge in [-0.15, -0.1) is 0 Å². The Hall–Kier alpha value is -2.41. The molecule has 0 radical (unpaired) electrons. The largest absolute Gasteiger partial charge is 0.370 e. The molecule has 0 bridgehead atoms. The zero-order valence-electron chi connectivity index (χ0n) is 15.9. The highest BCUT2D eigenvalue weighted by Crippen LogP contribution is 2.20. The first-order valence-corrected chi connectivity index (χ1v) is 10.9. The predicted molar refractivity (Wildman–Crippen MR) is 109 cm³/mol. The summed E-state index contributed by atoms with van der Waals surface area (Å²) < 4.78 is 36.6. The molecule has 0 heterocycles. The zero-order valence-corrected chi connectivity index (χ0v) is 16.7. The molecule has 5 nitrogen and oxygen atoms in total. The minimum Gasteiger partial charge on any atom is -0.370 e. The van der Waals surface area contributed by atoms with E-state index in [1.165, 1.54) is 23.8 Å². The average molecular weight is 392 g/mol. The summed E-state index contributed by atoms with van der Waals surface area (Å²) in [4.78, 5) is 4.22. The van der Waals surface area contributed by atoms with Crippen LogP contribution in [0.2, 0.25) is 0 Å². The van der Waals surface area contributed by atoms with Crippen LogP contribution in [0.3, 0.4) is 0 Å². The van der Waals surface area contributed by atoms with Crippen LogP contribution in [-0.2, 0) is 22.1 Å². The first kappa shape index (κ1) is 20.9. The number of nitrogens with two attached hydrogens (primary N) is 1. The normalized spacial score (nSPS) is 13.4. The number of aliphatic imine (C=N–C) groups is 1. The third kappa shape index (κ3) is 6.67. The van der Waals surface area contributed by atoms with Gasteiger partial charge in [0.25, 0.3) is 0 Å². The molecule has 1 atom stereocenters. The van der Waals surface area contributed by atoms with Gasteiger partial charge < -0.3 is 11.1 Å². The van der Waals surface area contributed by atoms with Crippen molar-refractivity contribution in [3.63, 3.8) is 0 Å². The number of nitrogens with zero attached hydrogens (tertiary/aromatic N) is 1. The Labute approximate surface area is 160 Å². The number of halogens is 1. The van der Waals surface area contributed by atoms with E-state index in [-0.39, 0.29) is 18.3 Å². The fourth-order valence-corrected chi connectivity index (χ4v) is 3.50. The second-order valence-corrected chi connectivity index (χ2v) is 8.88. The lowest BCUT2D eigenvalue weighted by atomic mass is 9.99.